The number of nitrogens with one attached hydrogen (secondary N) is 1. The number of non-ortho nitro benzene ring substituents is 1. The van der Waals surface area contributed by atoms with Crippen LogP contribution in [0.3, 0.4) is 0 Å². The van der Waals surface area contributed by atoms with E-state index in [1.165, 1.54) is 36.4 Å². The number of halogens is 3. The Kier molecular flexibility index (Phi) is 4.32. The Morgan fingerprint density at radius 1 is 1.24 bits per heavy atom. The van der Waals surface area contributed by atoms with Crippen LogP contribution in [0.25, 0.3) is 0 Å². The van der Waals surface area contributed by atoms with E-state index >= 15 is 0 Å². The van der Waals surface area contributed by atoms with Gasteiger partial charge in [0.2, 0.25) is 0 Å². The van der Waals surface area contributed by atoms with Gasteiger partial charge >= 0.3 is 6.61 Å². The van der Waals surface area contributed by atoms with Crippen molar-refractivity contribution < 1.29 is 23.2 Å². The van der Waals surface area contributed by atoms with Crippen LogP contribution in [-0.4, -0.2) is 23.2 Å². The fourth-order valence-electron chi connectivity index (χ4n) is 2.25. The normalized spacial score (nSPS) is 14.6. The van der Waals surface area contributed by atoms with E-state index in [0.717, 1.165) is 0 Å². The minimum atomic E-state index is -3.03. The Morgan fingerprint density at radius 2 is 2.00 bits per heavy atom. The highest BCUT2D eigenvalue weighted by Crippen LogP contribution is 2.33. The fraction of sp³-hybridized carbons (Fsp3) is 0.0667. The monoisotopic (exact) mass is 367 g/mol. The standard InChI is InChI=1S/C15H8ClF2N3O4/c16-10-5-7(1-4-12(10)25-15(17)18)19-13-9-6-8(21(23)24)2-3-11(9)20-14(13)22/h1-6,15H,(H,19,20,22). The zero-order valence-electron chi connectivity index (χ0n) is 12.2. The van der Waals surface area contributed by atoms with E-state index in [1.54, 1.807) is 0 Å². The lowest BCUT2D eigenvalue weighted by Crippen LogP contribution is -2.13. The van der Waals surface area contributed by atoms with Crippen LogP contribution in [-0.2, 0) is 4.79 Å². The molecule has 0 saturated carbocycles. The third kappa shape index (κ3) is 3.41. The smallest absolute Gasteiger partial charge is 0.387 e. The number of anilines is 1. The quantitative estimate of drug-likeness (QED) is 0.654. The van der Waals surface area contributed by atoms with Gasteiger partial charge in [0.15, 0.2) is 0 Å². The number of aliphatic imine (C=N–C) groups is 1. The highest BCUT2D eigenvalue weighted by atomic mass is 35.5. The van der Waals surface area contributed by atoms with E-state index in [1.807, 2.05) is 0 Å². The van der Waals surface area contributed by atoms with Crippen LogP contribution < -0.4 is 10.1 Å². The molecule has 0 atom stereocenters. The second-order valence-electron chi connectivity index (χ2n) is 4.89. The van der Waals surface area contributed by atoms with Crippen molar-refractivity contribution in [1.29, 1.82) is 0 Å². The Morgan fingerprint density at radius 3 is 2.64 bits per heavy atom. The van der Waals surface area contributed by atoms with Gasteiger partial charge in [-0.1, -0.05) is 11.6 Å². The minimum Gasteiger partial charge on any atom is -0.433 e. The average Bonchev–Trinajstić information content (AvgIpc) is 2.85. The SMILES string of the molecule is O=C1Nc2ccc([N+](=O)[O-])cc2C1=Nc1ccc(OC(F)F)c(Cl)c1. The summed E-state index contributed by atoms with van der Waals surface area (Å²) in [6.07, 6.45) is 0. The van der Waals surface area contributed by atoms with Gasteiger partial charge in [0.05, 0.1) is 21.3 Å². The molecule has 3 rings (SSSR count). The molecule has 0 aliphatic carbocycles. The lowest BCUT2D eigenvalue weighted by Gasteiger charge is -2.07. The second kappa shape index (κ2) is 6.44. The number of ether oxygens (including phenoxy) is 1. The summed E-state index contributed by atoms with van der Waals surface area (Å²) in [4.78, 5) is 26.5. The third-order valence-electron chi connectivity index (χ3n) is 3.30. The van der Waals surface area contributed by atoms with Crippen molar-refractivity contribution in [3.8, 4) is 5.75 Å². The van der Waals surface area contributed by atoms with Crippen molar-refractivity contribution in [2.75, 3.05) is 5.32 Å². The molecule has 2 aromatic carbocycles. The maximum Gasteiger partial charge on any atom is 0.387 e. The molecule has 128 valence electrons. The molecule has 2 aromatic rings. The van der Waals surface area contributed by atoms with Crippen LogP contribution in [0.4, 0.5) is 25.8 Å². The van der Waals surface area contributed by atoms with E-state index in [9.17, 15) is 23.7 Å². The number of hydrogen-bond acceptors (Lipinski definition) is 5. The summed E-state index contributed by atoms with van der Waals surface area (Å²) in [6, 6.07) is 7.65. The Balaban J connectivity index is 2.00. The van der Waals surface area contributed by atoms with Gasteiger partial charge < -0.3 is 10.1 Å². The van der Waals surface area contributed by atoms with E-state index in [4.69, 9.17) is 11.6 Å². The molecule has 1 aliphatic heterocycles. The second-order valence-corrected chi connectivity index (χ2v) is 5.30. The first-order chi connectivity index (χ1) is 11.8. The number of nitro benzene ring substituents is 1. The summed E-state index contributed by atoms with van der Waals surface area (Å²) in [6.45, 7) is -3.03. The molecule has 0 spiro atoms. The molecule has 1 N–H and O–H groups in total. The number of alkyl halides is 2. The van der Waals surface area contributed by atoms with E-state index < -0.39 is 17.4 Å². The van der Waals surface area contributed by atoms with Crippen molar-refractivity contribution in [2.24, 2.45) is 4.99 Å². The lowest BCUT2D eigenvalue weighted by molar-refractivity contribution is -0.384. The number of nitro groups is 1. The zero-order valence-corrected chi connectivity index (χ0v) is 13.0. The molecule has 1 amide bonds. The number of hydrogen-bond donors (Lipinski definition) is 1. The van der Waals surface area contributed by atoms with Crippen LogP contribution >= 0.6 is 11.6 Å². The molecule has 0 fully saturated rings. The van der Waals surface area contributed by atoms with Gasteiger partial charge in [-0.25, -0.2) is 4.99 Å². The molecule has 0 unspecified atom stereocenters. The summed E-state index contributed by atoms with van der Waals surface area (Å²) >= 11 is 5.84. The average molecular weight is 368 g/mol. The first kappa shape index (κ1) is 16.8. The summed E-state index contributed by atoms with van der Waals surface area (Å²) < 4.78 is 28.7. The zero-order chi connectivity index (χ0) is 18.1. The molecule has 25 heavy (non-hydrogen) atoms. The highest BCUT2D eigenvalue weighted by Gasteiger charge is 2.28. The first-order valence-corrected chi connectivity index (χ1v) is 7.16. The van der Waals surface area contributed by atoms with Crippen LogP contribution in [0.15, 0.2) is 41.4 Å². The van der Waals surface area contributed by atoms with Crippen molar-refractivity contribution >= 4 is 40.3 Å². The molecule has 10 heteroatoms. The number of carbonyl (C=O) groups is 1. The summed E-state index contributed by atoms with van der Waals surface area (Å²) in [5.41, 5.74) is 0.622. The van der Waals surface area contributed by atoms with Gasteiger partial charge in [0.1, 0.15) is 11.5 Å². The largest absolute Gasteiger partial charge is 0.433 e. The summed E-state index contributed by atoms with van der Waals surface area (Å²) in [7, 11) is 0. The maximum absolute atomic E-state index is 12.2. The molecular formula is C15H8ClF2N3O4. The molecular weight excluding hydrogens is 360 g/mol. The molecule has 7 nitrogen and oxygen atoms in total. The van der Waals surface area contributed by atoms with E-state index in [0.29, 0.717) is 5.69 Å². The fourth-order valence-corrected chi connectivity index (χ4v) is 2.46. The molecule has 0 aromatic heterocycles. The number of fused-ring (bicyclic) bond motifs is 1. The number of benzene rings is 2. The van der Waals surface area contributed by atoms with Crippen LogP contribution in [0.1, 0.15) is 5.56 Å². The van der Waals surface area contributed by atoms with Gasteiger partial charge in [-0.05, 0) is 24.3 Å². The van der Waals surface area contributed by atoms with E-state index in [-0.39, 0.29) is 33.4 Å². The summed E-state index contributed by atoms with van der Waals surface area (Å²) in [5.74, 6) is -0.771. The molecule has 0 bridgehead atoms. The number of carbonyl (C=O) groups excluding carboxylic acids is 1. The Hall–Kier alpha value is -3.07. The van der Waals surface area contributed by atoms with Gasteiger partial charge in [-0.3, -0.25) is 14.9 Å². The first-order valence-electron chi connectivity index (χ1n) is 6.78. The predicted molar refractivity (Wildman–Crippen MR) is 86.0 cm³/mol. The third-order valence-corrected chi connectivity index (χ3v) is 3.60. The van der Waals surface area contributed by atoms with Crippen molar-refractivity contribution in [2.45, 2.75) is 6.61 Å². The predicted octanol–water partition coefficient (Wildman–Crippen LogP) is 3.92. The molecule has 0 radical (unpaired) electrons. The van der Waals surface area contributed by atoms with Crippen molar-refractivity contribution in [3.63, 3.8) is 0 Å². The van der Waals surface area contributed by atoms with Gasteiger partial charge in [-0.2, -0.15) is 8.78 Å². The Bertz CT molecular complexity index is 918. The van der Waals surface area contributed by atoms with Gasteiger partial charge in [-0.15, -0.1) is 0 Å². The van der Waals surface area contributed by atoms with Gasteiger partial charge in [0, 0.05) is 17.7 Å². The number of nitrogens with zero attached hydrogens (tertiary/aromatic N) is 2. The van der Waals surface area contributed by atoms with E-state index in [2.05, 4.69) is 15.0 Å². The Labute approximate surface area is 144 Å². The van der Waals surface area contributed by atoms with Crippen LogP contribution in [0.5, 0.6) is 5.75 Å². The number of amides is 1. The van der Waals surface area contributed by atoms with Crippen molar-refractivity contribution in [1.82, 2.24) is 0 Å². The van der Waals surface area contributed by atoms with Crippen LogP contribution in [0, 0.1) is 10.1 Å². The van der Waals surface area contributed by atoms with Crippen molar-refractivity contribution in [3.05, 3.63) is 57.1 Å². The molecule has 1 heterocycles. The molecule has 1 aliphatic rings. The number of rotatable bonds is 4. The highest BCUT2D eigenvalue weighted by molar-refractivity contribution is 6.54. The topological polar surface area (TPSA) is 93.8 Å². The molecule has 0 saturated heterocycles. The minimum absolute atomic E-state index is 0.0442. The van der Waals surface area contributed by atoms with Gasteiger partial charge in [0.25, 0.3) is 11.6 Å². The maximum atomic E-state index is 12.2. The van der Waals surface area contributed by atoms with Crippen LogP contribution in [0.2, 0.25) is 5.02 Å². The summed E-state index contributed by atoms with van der Waals surface area (Å²) in [5, 5.41) is 13.3. The lowest BCUT2D eigenvalue weighted by atomic mass is 10.1.